The van der Waals surface area contributed by atoms with Crippen LogP contribution in [0.2, 0.25) is 10.0 Å². The van der Waals surface area contributed by atoms with Gasteiger partial charge in [-0.1, -0.05) is 35.3 Å². The zero-order valence-electron chi connectivity index (χ0n) is 13.7. The molecular formula is C18H17Cl2NO4S. The van der Waals surface area contributed by atoms with Crippen molar-refractivity contribution >= 4 is 50.5 Å². The Hall–Kier alpha value is -2.02. The largest absolute Gasteiger partial charge is 0.493 e. The highest BCUT2D eigenvalue weighted by Gasteiger charge is 2.14. The molecule has 8 heteroatoms. The van der Waals surface area contributed by atoms with E-state index in [9.17, 15) is 13.2 Å². The van der Waals surface area contributed by atoms with Crippen LogP contribution in [0.5, 0.6) is 5.75 Å². The Bertz CT molecular complexity index is 884. The van der Waals surface area contributed by atoms with E-state index in [1.54, 1.807) is 24.3 Å². The minimum atomic E-state index is -2.13. The van der Waals surface area contributed by atoms with E-state index in [-0.39, 0.29) is 5.91 Å². The topological polar surface area (TPSA) is 72.5 Å². The van der Waals surface area contributed by atoms with Gasteiger partial charge in [-0.15, -0.1) is 0 Å². The van der Waals surface area contributed by atoms with E-state index in [1.165, 1.54) is 5.37 Å². The van der Waals surface area contributed by atoms with Gasteiger partial charge in [0.1, 0.15) is 5.75 Å². The van der Waals surface area contributed by atoms with E-state index in [4.69, 9.17) is 27.9 Å². The van der Waals surface area contributed by atoms with Crippen molar-refractivity contribution in [3.63, 3.8) is 0 Å². The molecule has 2 aromatic rings. The van der Waals surface area contributed by atoms with Crippen molar-refractivity contribution in [2.75, 3.05) is 11.9 Å². The van der Waals surface area contributed by atoms with E-state index in [2.05, 4.69) is 5.32 Å². The second-order valence-corrected chi connectivity index (χ2v) is 7.01. The first-order valence-electron chi connectivity index (χ1n) is 7.82. The monoisotopic (exact) mass is 413 g/mol. The molecule has 1 aliphatic rings. The summed E-state index contributed by atoms with van der Waals surface area (Å²) in [4.78, 5) is 11.2. The number of benzene rings is 2. The van der Waals surface area contributed by atoms with Crippen LogP contribution in [0.3, 0.4) is 0 Å². The van der Waals surface area contributed by atoms with Gasteiger partial charge >= 0.3 is 0 Å². The summed E-state index contributed by atoms with van der Waals surface area (Å²) in [6.07, 6.45) is 1.54. The Morgan fingerprint density at radius 2 is 1.77 bits per heavy atom. The molecule has 3 rings (SSSR count). The maximum absolute atomic E-state index is 11.2. The summed E-state index contributed by atoms with van der Waals surface area (Å²) in [6.45, 7) is 0.319. The molecule has 0 saturated carbocycles. The van der Waals surface area contributed by atoms with Crippen LogP contribution in [0.4, 0.5) is 5.69 Å². The minimum absolute atomic E-state index is 0.0312. The first kappa shape index (κ1) is 20.3. The van der Waals surface area contributed by atoms with E-state index in [0.29, 0.717) is 41.7 Å². The molecule has 5 nitrogen and oxygen atoms in total. The summed E-state index contributed by atoms with van der Waals surface area (Å²) in [6, 6.07) is 12.6. The van der Waals surface area contributed by atoms with E-state index >= 15 is 0 Å². The van der Waals surface area contributed by atoms with Gasteiger partial charge < -0.3 is 10.1 Å². The van der Waals surface area contributed by atoms with Crippen LogP contribution < -0.4 is 10.1 Å². The third-order valence-electron chi connectivity index (χ3n) is 3.44. The molecule has 1 N–H and O–H groups in total. The van der Waals surface area contributed by atoms with Gasteiger partial charge in [0.25, 0.3) is 0 Å². The molecule has 1 heterocycles. The van der Waals surface area contributed by atoms with E-state index < -0.39 is 10.3 Å². The number of amides is 1. The summed E-state index contributed by atoms with van der Waals surface area (Å²) < 4.78 is 26.0. The summed E-state index contributed by atoms with van der Waals surface area (Å²) in [7, 11) is -2.13. The van der Waals surface area contributed by atoms with Crippen molar-refractivity contribution < 1.29 is 17.9 Å². The summed E-state index contributed by atoms with van der Waals surface area (Å²) in [5.41, 5.74) is 1.87. The second-order valence-electron chi connectivity index (χ2n) is 5.35. The maximum Gasteiger partial charge on any atom is 0.224 e. The molecule has 26 heavy (non-hydrogen) atoms. The van der Waals surface area contributed by atoms with Gasteiger partial charge in [-0.2, -0.15) is 8.42 Å². The lowest BCUT2D eigenvalue weighted by Gasteiger charge is -2.17. The van der Waals surface area contributed by atoms with Gasteiger partial charge in [-0.3, -0.25) is 4.79 Å². The molecular weight excluding hydrogens is 397 g/mol. The lowest BCUT2D eigenvalue weighted by Crippen LogP contribution is -2.18. The summed E-state index contributed by atoms with van der Waals surface area (Å²) >= 11 is 11.2. The summed E-state index contributed by atoms with van der Waals surface area (Å²) in [5, 5.41) is 5.16. The Morgan fingerprint density at radius 3 is 2.38 bits per heavy atom. The second kappa shape index (κ2) is 10.2. The molecule has 2 aromatic carbocycles. The average Bonchev–Trinajstić information content (AvgIpc) is 2.62. The molecule has 0 spiro atoms. The highest BCUT2D eigenvalue weighted by atomic mass is 35.5. The number of rotatable bonds is 4. The Kier molecular flexibility index (Phi) is 7.97. The number of carbonyl (C=O) groups excluding carboxylic acids is 1. The van der Waals surface area contributed by atoms with Crippen molar-refractivity contribution in [1.29, 1.82) is 0 Å². The van der Waals surface area contributed by atoms with Gasteiger partial charge in [-0.25, -0.2) is 0 Å². The van der Waals surface area contributed by atoms with E-state index in [1.807, 2.05) is 18.2 Å². The van der Waals surface area contributed by atoms with Crippen molar-refractivity contribution in [2.45, 2.75) is 19.3 Å². The smallest absolute Gasteiger partial charge is 0.224 e. The Labute approximate surface area is 163 Å². The van der Waals surface area contributed by atoms with Crippen molar-refractivity contribution in [3.8, 4) is 5.75 Å². The number of ether oxygens (including phenoxy) is 1. The maximum atomic E-state index is 11.2. The Balaban J connectivity index is 0.000000254. The van der Waals surface area contributed by atoms with E-state index in [0.717, 1.165) is 11.3 Å². The number of anilines is 1. The third-order valence-corrected chi connectivity index (χ3v) is 4.70. The predicted octanol–water partition coefficient (Wildman–Crippen LogP) is 4.01. The third kappa shape index (κ3) is 6.71. The molecule has 0 bridgehead atoms. The fourth-order valence-electron chi connectivity index (χ4n) is 2.21. The Morgan fingerprint density at radius 1 is 1.08 bits per heavy atom. The first-order valence-corrected chi connectivity index (χ1v) is 9.72. The molecule has 0 radical (unpaired) electrons. The van der Waals surface area contributed by atoms with Gasteiger partial charge in [-0.05, 0) is 42.3 Å². The van der Waals surface area contributed by atoms with Crippen molar-refractivity contribution in [2.24, 2.45) is 0 Å². The molecule has 0 atom stereocenters. The number of nitrogens with one attached hydrogen (secondary N) is 1. The average molecular weight is 414 g/mol. The quantitative estimate of drug-likeness (QED) is 0.606. The molecule has 0 unspecified atom stereocenters. The molecule has 1 amide bonds. The lowest BCUT2D eigenvalue weighted by molar-refractivity contribution is -0.116. The molecule has 138 valence electrons. The van der Waals surface area contributed by atoms with Gasteiger partial charge in [0, 0.05) is 23.9 Å². The fourth-order valence-corrected chi connectivity index (χ4v) is 2.77. The number of fused-ring (bicyclic) bond motifs is 1. The number of hydrogen-bond donors (Lipinski definition) is 1. The van der Waals surface area contributed by atoms with Crippen molar-refractivity contribution in [3.05, 3.63) is 58.1 Å². The summed E-state index contributed by atoms with van der Waals surface area (Å²) in [5.74, 6) is 0.721. The highest BCUT2D eigenvalue weighted by Crippen LogP contribution is 2.26. The predicted molar refractivity (Wildman–Crippen MR) is 105 cm³/mol. The van der Waals surface area contributed by atoms with Crippen LogP contribution in [-0.4, -0.2) is 26.3 Å². The molecule has 0 aliphatic carbocycles. The van der Waals surface area contributed by atoms with Crippen LogP contribution in [-0.2, 0) is 21.5 Å². The molecule has 0 saturated heterocycles. The number of halogens is 2. The highest BCUT2D eigenvalue weighted by molar-refractivity contribution is 7.71. The number of carbonyl (C=O) groups is 1. The lowest BCUT2D eigenvalue weighted by atomic mass is 10.0. The molecule has 0 aromatic heterocycles. The minimum Gasteiger partial charge on any atom is -0.493 e. The van der Waals surface area contributed by atoms with Crippen LogP contribution >= 0.6 is 23.2 Å². The van der Waals surface area contributed by atoms with Crippen LogP contribution in [0, 0.1) is 0 Å². The molecule has 0 fully saturated rings. The van der Waals surface area contributed by atoms with Gasteiger partial charge in [0.2, 0.25) is 16.2 Å². The van der Waals surface area contributed by atoms with Gasteiger partial charge in [0.05, 0.1) is 16.7 Å². The first-order chi connectivity index (χ1) is 12.5. The van der Waals surface area contributed by atoms with Crippen molar-refractivity contribution in [1.82, 2.24) is 0 Å². The number of hydrogen-bond acceptors (Lipinski definition) is 4. The van der Waals surface area contributed by atoms with Crippen LogP contribution in [0.1, 0.15) is 18.4 Å². The molecule has 1 aliphatic heterocycles. The van der Waals surface area contributed by atoms with Gasteiger partial charge in [0.15, 0.2) is 0 Å². The standard InChI is InChI=1S/C12H13NO4S.C6H4Cl2/c14-12-5-2-9-8-10(3-4-11(9)13-12)17-6-1-7-18(15)16;7-5-3-1-2-4-6(5)8/h3-4,7-8H,1-2,5-6H2,(H,13,14);1-4H. The zero-order chi connectivity index (χ0) is 18.9. The normalized spacial score (nSPS) is 12.2. The zero-order valence-corrected chi connectivity index (χ0v) is 16.1. The fraction of sp³-hybridized carbons (Fsp3) is 0.222. The SMILES string of the molecule is Clc1ccccc1Cl.O=C1CCc2cc(OCCC=S(=O)=O)ccc2N1. The van der Waals surface area contributed by atoms with Crippen LogP contribution in [0.25, 0.3) is 0 Å². The van der Waals surface area contributed by atoms with Crippen LogP contribution in [0.15, 0.2) is 42.5 Å². The number of aryl methyl sites for hydroxylation is 1.